The summed E-state index contributed by atoms with van der Waals surface area (Å²) >= 11 is 0. The Morgan fingerprint density at radius 3 is 0.500 bits per heavy atom. The van der Waals surface area contributed by atoms with Gasteiger partial charge in [0.15, 0.2) is 0 Å². The topological polar surface area (TPSA) is 31.5 Å². The predicted molar refractivity (Wildman–Crippen MR) is 43.9 cm³/mol. The molecule has 0 aliphatic carbocycles. The van der Waals surface area contributed by atoms with Gasteiger partial charge in [0.25, 0.3) is 0 Å². The standard InChI is InChI=1S/4ClH.H2O.H4Si/h4*1H;1H2;1H4. The molecule has 6 heavy (non-hydrogen) atoms. The second-order valence-electron chi connectivity index (χ2n) is 0. The number of halogens is 4. The molecule has 0 bridgehead atoms. The molecule has 0 amide bonds. The average molecular weight is 196 g/mol. The Morgan fingerprint density at radius 1 is 0.500 bits per heavy atom. The molecule has 0 aliphatic heterocycles. The molecular weight excluding hydrogens is 186 g/mol. The maximum atomic E-state index is 0. The Kier molecular flexibility index (Phi) is 2770. The smallest absolute Gasteiger partial charge is 0.0149 e. The SMILES string of the molecule is Cl.Cl.Cl.Cl.O.[SiH4]. The van der Waals surface area contributed by atoms with E-state index in [9.17, 15) is 0 Å². The van der Waals surface area contributed by atoms with E-state index in [-0.39, 0.29) is 66.1 Å². The van der Waals surface area contributed by atoms with Gasteiger partial charge >= 0.3 is 0 Å². The van der Waals surface area contributed by atoms with Crippen LogP contribution in [0.25, 0.3) is 0 Å². The van der Waals surface area contributed by atoms with Crippen LogP contribution in [0.2, 0.25) is 0 Å². The van der Waals surface area contributed by atoms with Crippen LogP contribution in [0.1, 0.15) is 0 Å². The summed E-state index contributed by atoms with van der Waals surface area (Å²) in [6.07, 6.45) is 0. The van der Waals surface area contributed by atoms with Gasteiger partial charge in [-0.05, 0) is 11.0 Å². The maximum absolute atomic E-state index is 0. The fourth-order valence-electron chi connectivity index (χ4n) is 0. The van der Waals surface area contributed by atoms with Gasteiger partial charge in [-0.25, -0.2) is 0 Å². The first kappa shape index (κ1) is 165. The van der Waals surface area contributed by atoms with Gasteiger partial charge in [0.05, 0.1) is 0 Å². The molecule has 0 saturated carbocycles. The number of rotatable bonds is 0. The molecule has 0 aromatic rings. The van der Waals surface area contributed by atoms with Crippen LogP contribution in [0.4, 0.5) is 0 Å². The molecule has 48 valence electrons. The molecule has 0 radical (unpaired) electrons. The molecule has 6 heteroatoms. The van der Waals surface area contributed by atoms with Crippen molar-refractivity contribution in [1.29, 1.82) is 0 Å². The third-order valence-electron chi connectivity index (χ3n) is 0. The van der Waals surface area contributed by atoms with E-state index in [1.807, 2.05) is 0 Å². The van der Waals surface area contributed by atoms with Gasteiger partial charge in [-0.2, -0.15) is 0 Å². The van der Waals surface area contributed by atoms with Gasteiger partial charge < -0.3 is 5.48 Å². The van der Waals surface area contributed by atoms with Crippen molar-refractivity contribution < 1.29 is 5.48 Å². The van der Waals surface area contributed by atoms with E-state index in [4.69, 9.17) is 0 Å². The molecule has 0 heterocycles. The summed E-state index contributed by atoms with van der Waals surface area (Å²) in [6, 6.07) is 0. The summed E-state index contributed by atoms with van der Waals surface area (Å²) in [5, 5.41) is 0. The van der Waals surface area contributed by atoms with E-state index >= 15 is 0 Å². The van der Waals surface area contributed by atoms with Crippen LogP contribution in [0, 0.1) is 0 Å². The van der Waals surface area contributed by atoms with E-state index in [0.717, 1.165) is 0 Å². The molecule has 0 spiro atoms. The summed E-state index contributed by atoms with van der Waals surface area (Å²) in [4.78, 5) is 0. The van der Waals surface area contributed by atoms with Crippen molar-refractivity contribution in [1.82, 2.24) is 0 Å². The molecule has 0 aromatic carbocycles. The van der Waals surface area contributed by atoms with Gasteiger partial charge in [-0.3, -0.25) is 0 Å². The Bertz CT molecular complexity index is 7.51. The minimum atomic E-state index is 0. The predicted octanol–water partition coefficient (Wildman–Crippen LogP) is -0.589. The van der Waals surface area contributed by atoms with Crippen LogP contribution in [0.3, 0.4) is 0 Å². The Morgan fingerprint density at radius 2 is 0.500 bits per heavy atom. The third-order valence-corrected chi connectivity index (χ3v) is 0. The highest BCUT2D eigenvalue weighted by atomic mass is 35.5. The largest absolute Gasteiger partial charge is 0.412 e. The highest BCUT2D eigenvalue weighted by Crippen LogP contribution is 0.693. The third kappa shape index (κ3) is 56.2. The van der Waals surface area contributed by atoms with Crippen molar-refractivity contribution in [3.05, 3.63) is 0 Å². The zero-order valence-corrected chi connectivity index (χ0v) is 5.40. The summed E-state index contributed by atoms with van der Waals surface area (Å²) < 4.78 is 0. The molecular formula is H10Cl4OSi. The van der Waals surface area contributed by atoms with E-state index in [1.165, 1.54) is 0 Å². The Labute approximate surface area is 66.2 Å². The fourth-order valence-corrected chi connectivity index (χ4v) is 0. The lowest BCUT2D eigenvalue weighted by Gasteiger charge is -0.412. The van der Waals surface area contributed by atoms with Gasteiger partial charge in [0.1, 0.15) is 0 Å². The van der Waals surface area contributed by atoms with E-state index in [2.05, 4.69) is 0 Å². The lowest BCUT2D eigenvalue weighted by molar-refractivity contribution is 0.824. The van der Waals surface area contributed by atoms with Gasteiger partial charge in [-0.15, -0.1) is 49.6 Å². The monoisotopic (exact) mass is 194 g/mol. The summed E-state index contributed by atoms with van der Waals surface area (Å²) in [6.45, 7) is 0. The normalized spacial score (nSPS) is 0. The lowest BCUT2D eigenvalue weighted by Crippen LogP contribution is -0.381. The van der Waals surface area contributed by atoms with E-state index in [1.54, 1.807) is 0 Å². The number of hydrogen-bond donors (Lipinski definition) is 0. The Hall–Kier alpha value is 1.34. The molecule has 0 atom stereocenters. The second kappa shape index (κ2) is 101. The van der Waals surface area contributed by atoms with Crippen molar-refractivity contribution in [3.8, 4) is 0 Å². The van der Waals surface area contributed by atoms with Crippen LogP contribution in [0.15, 0.2) is 0 Å². The van der Waals surface area contributed by atoms with Crippen LogP contribution in [0.5, 0.6) is 0 Å². The van der Waals surface area contributed by atoms with Gasteiger partial charge in [0.2, 0.25) is 0 Å². The van der Waals surface area contributed by atoms with Crippen molar-refractivity contribution in [3.63, 3.8) is 0 Å². The molecule has 1 nitrogen and oxygen atoms in total. The summed E-state index contributed by atoms with van der Waals surface area (Å²) in [5.41, 5.74) is 0. The molecule has 0 aromatic heterocycles. The van der Waals surface area contributed by atoms with E-state index < -0.39 is 0 Å². The maximum Gasteiger partial charge on any atom is -0.0149 e. The molecule has 0 fully saturated rings. The molecule has 0 saturated heterocycles. The lowest BCUT2D eigenvalue weighted by atomic mass is 16.0. The van der Waals surface area contributed by atoms with Crippen LogP contribution < -0.4 is 0 Å². The first-order valence-corrected chi connectivity index (χ1v) is 0. The molecule has 0 aliphatic rings. The summed E-state index contributed by atoms with van der Waals surface area (Å²) in [7, 11) is 0. The first-order valence-electron chi connectivity index (χ1n) is 0. The minimum Gasteiger partial charge on any atom is -0.412 e. The van der Waals surface area contributed by atoms with Gasteiger partial charge in [-0.1, -0.05) is 0 Å². The van der Waals surface area contributed by atoms with Crippen molar-refractivity contribution in [2.45, 2.75) is 0 Å². The van der Waals surface area contributed by atoms with Crippen LogP contribution >= 0.6 is 49.6 Å². The van der Waals surface area contributed by atoms with Crippen LogP contribution in [-0.4, -0.2) is 16.4 Å². The van der Waals surface area contributed by atoms with E-state index in [0.29, 0.717) is 0 Å². The zero-order valence-electron chi connectivity index (χ0n) is 2.13. The molecule has 0 unspecified atom stereocenters. The zero-order chi connectivity index (χ0) is 0. The summed E-state index contributed by atoms with van der Waals surface area (Å²) in [5.74, 6) is 0. The Balaban J connectivity index is 0. The van der Waals surface area contributed by atoms with Crippen molar-refractivity contribution >= 4 is 60.6 Å². The highest BCUT2D eigenvalue weighted by Gasteiger charge is -0.0148. The minimum absolute atomic E-state index is 0. The fraction of sp³-hybridized carbons (Fsp3) is 0. The molecule has 0 rings (SSSR count). The highest BCUT2D eigenvalue weighted by molar-refractivity contribution is 5.86. The van der Waals surface area contributed by atoms with Gasteiger partial charge in [0, 0.05) is 0 Å². The van der Waals surface area contributed by atoms with Crippen LogP contribution in [-0.2, 0) is 0 Å². The second-order valence-corrected chi connectivity index (χ2v) is 0. The average Bonchev–Trinajstić information content (AvgIpc) is 0. The number of hydrogen-bond acceptors (Lipinski definition) is 0. The van der Waals surface area contributed by atoms with Crippen molar-refractivity contribution in [2.24, 2.45) is 0 Å². The quantitative estimate of drug-likeness (QED) is 0.464. The molecule has 2 N–H and O–H groups in total. The van der Waals surface area contributed by atoms with Crippen molar-refractivity contribution in [2.75, 3.05) is 0 Å². The first-order chi connectivity index (χ1) is 0.